The third-order valence-corrected chi connectivity index (χ3v) is 5.68. The maximum absolute atomic E-state index is 12.9. The number of carboxylic acids is 1. The van der Waals surface area contributed by atoms with E-state index >= 15 is 0 Å². The van der Waals surface area contributed by atoms with E-state index in [-0.39, 0.29) is 17.9 Å². The van der Waals surface area contributed by atoms with Gasteiger partial charge in [-0.1, -0.05) is 18.9 Å². The van der Waals surface area contributed by atoms with Crippen LogP contribution < -0.4 is 19.8 Å². The number of fused-ring (bicyclic) bond motifs is 1. The minimum atomic E-state index is -5.19. The van der Waals surface area contributed by atoms with Gasteiger partial charge in [0.2, 0.25) is 0 Å². The number of hydrogen-bond donors (Lipinski definition) is 3. The third-order valence-electron chi connectivity index (χ3n) is 5.68. The molecule has 0 unspecified atom stereocenters. The number of nitrogens with one attached hydrogen (secondary N) is 3. The van der Waals surface area contributed by atoms with E-state index in [1.807, 2.05) is 53.3 Å². The number of pyridine rings is 2. The minimum absolute atomic E-state index is 0.123. The molecule has 3 aromatic heterocycles. The van der Waals surface area contributed by atoms with E-state index in [0.717, 1.165) is 42.5 Å². The van der Waals surface area contributed by atoms with Crippen LogP contribution in [0.1, 0.15) is 36.3 Å². The van der Waals surface area contributed by atoms with Gasteiger partial charge in [-0.3, -0.25) is 4.79 Å². The smallest absolute Gasteiger partial charge is 0.430 e. The number of nitrogens with zero attached hydrogens (tertiary/aromatic N) is 1. The summed E-state index contributed by atoms with van der Waals surface area (Å²) in [4.78, 5) is 28.0. The molecule has 0 radical (unpaired) electrons. The van der Waals surface area contributed by atoms with Crippen LogP contribution in [0.15, 0.2) is 48.9 Å². The summed E-state index contributed by atoms with van der Waals surface area (Å²) in [6, 6.07) is 9.81. The van der Waals surface area contributed by atoms with Gasteiger partial charge >= 0.3 is 17.9 Å². The predicted octanol–water partition coefficient (Wildman–Crippen LogP) is 0.816. The normalized spacial score (nSPS) is 15.0. The molecule has 0 atom stereocenters. The molecule has 8 nitrogen and oxygen atoms in total. The van der Waals surface area contributed by atoms with Crippen LogP contribution in [0.2, 0.25) is 0 Å². The number of amides is 1. The molecule has 1 amide bonds. The van der Waals surface area contributed by atoms with E-state index in [1.54, 1.807) is 0 Å². The Morgan fingerprint density at radius 3 is 2.39 bits per heavy atom. The van der Waals surface area contributed by atoms with Crippen LogP contribution in [0, 0.1) is 5.41 Å². The van der Waals surface area contributed by atoms with Crippen molar-refractivity contribution in [1.29, 1.82) is 0 Å². The van der Waals surface area contributed by atoms with Crippen molar-refractivity contribution < 1.29 is 42.4 Å². The largest absolute Gasteiger partial charge is 0.542 e. The summed E-state index contributed by atoms with van der Waals surface area (Å²) in [6.45, 7) is 0.629. The maximum atomic E-state index is 12.9. The van der Waals surface area contributed by atoms with Crippen LogP contribution in [-0.2, 0) is 4.79 Å². The highest BCUT2D eigenvalue weighted by Crippen LogP contribution is 2.36. The molecular weight excluding hydrogens is 441 g/mol. The maximum Gasteiger partial charge on any atom is 0.430 e. The van der Waals surface area contributed by atoms with Gasteiger partial charge in [0.05, 0.1) is 12.8 Å². The van der Waals surface area contributed by atoms with Crippen LogP contribution >= 0.6 is 0 Å². The van der Waals surface area contributed by atoms with E-state index < -0.39 is 12.1 Å². The molecule has 1 aliphatic rings. The monoisotopic (exact) mass is 465 g/mol. The van der Waals surface area contributed by atoms with Gasteiger partial charge in [-0.05, 0) is 25.0 Å². The molecule has 1 saturated carbocycles. The fourth-order valence-electron chi connectivity index (χ4n) is 3.89. The number of carbonyl (C=O) groups is 2. The average molecular weight is 465 g/mol. The molecule has 4 N–H and O–H groups in total. The van der Waals surface area contributed by atoms with Gasteiger partial charge in [-0.25, -0.2) is 9.97 Å². The summed E-state index contributed by atoms with van der Waals surface area (Å²) in [5, 5.41) is 21.6. The van der Waals surface area contributed by atoms with E-state index in [2.05, 4.69) is 15.3 Å². The summed E-state index contributed by atoms with van der Waals surface area (Å²) >= 11 is 0. The van der Waals surface area contributed by atoms with Crippen molar-refractivity contribution in [2.24, 2.45) is 5.41 Å². The molecule has 3 aromatic rings. The first-order valence-electron chi connectivity index (χ1n) is 10.3. The van der Waals surface area contributed by atoms with Crippen molar-refractivity contribution >= 4 is 17.4 Å². The van der Waals surface area contributed by atoms with Crippen LogP contribution in [0.5, 0.6) is 0 Å². The van der Waals surface area contributed by atoms with E-state index in [4.69, 9.17) is 9.90 Å². The van der Waals surface area contributed by atoms with Gasteiger partial charge in [0, 0.05) is 29.7 Å². The number of aliphatic carboxylic acids is 1. The molecule has 0 aromatic carbocycles. The van der Waals surface area contributed by atoms with E-state index in [0.29, 0.717) is 12.4 Å². The number of aromatic amines is 2. The molecule has 11 heteroatoms. The average Bonchev–Trinajstić information content (AvgIpc) is 3.44. The molecule has 176 valence electrons. The summed E-state index contributed by atoms with van der Waals surface area (Å²) in [5.41, 5.74) is 2.69. The molecule has 1 aliphatic carbocycles. The Kier molecular flexibility index (Phi) is 7.32. The standard InChI is InChI=1S/C20H22N4O2.C2HF3O2/c25-14-20(8-2-3-9-20)13-22-19(26)18-23-17(15-6-10-21-11-7-15)16-5-1-4-12-24(16)18;3-2(4,5)1(6)7/h1,4-7,10-12,25H,2-3,8-9,13-14H2,(H,22,26);(H,6,7)/p+1. The Morgan fingerprint density at radius 1 is 1.18 bits per heavy atom. The van der Waals surface area contributed by atoms with E-state index in [1.165, 1.54) is 0 Å². The number of H-pyrrole nitrogens is 2. The summed E-state index contributed by atoms with van der Waals surface area (Å²) < 4.78 is 33.4. The molecule has 0 aliphatic heterocycles. The topological polar surface area (TPSA) is 123 Å². The molecule has 0 spiro atoms. The fraction of sp³-hybridized carbons (Fsp3) is 0.364. The zero-order valence-corrected chi connectivity index (χ0v) is 17.6. The molecular formula is C22H24F3N4O4+. The number of alkyl halides is 3. The lowest BCUT2D eigenvalue weighted by Crippen LogP contribution is -2.41. The lowest BCUT2D eigenvalue weighted by atomic mass is 9.87. The molecule has 0 saturated heterocycles. The summed E-state index contributed by atoms with van der Waals surface area (Å²) in [5.74, 6) is -2.67. The number of carboxylic acid groups (broad SMARTS) is 1. The predicted molar refractivity (Wildman–Crippen MR) is 107 cm³/mol. The van der Waals surface area contributed by atoms with Crippen molar-refractivity contribution in [3.8, 4) is 11.3 Å². The van der Waals surface area contributed by atoms with Gasteiger partial charge in [-0.2, -0.15) is 17.6 Å². The van der Waals surface area contributed by atoms with Crippen LogP contribution in [0.4, 0.5) is 13.2 Å². The molecule has 33 heavy (non-hydrogen) atoms. The number of rotatable bonds is 5. The Labute approximate surface area is 187 Å². The number of aliphatic hydroxyl groups is 1. The highest BCUT2D eigenvalue weighted by Gasteiger charge is 2.35. The number of aromatic nitrogens is 3. The second-order valence-electron chi connectivity index (χ2n) is 7.93. The van der Waals surface area contributed by atoms with Gasteiger partial charge in [0.15, 0.2) is 23.6 Å². The number of halogens is 3. The van der Waals surface area contributed by atoms with E-state index in [9.17, 15) is 23.1 Å². The highest BCUT2D eigenvalue weighted by molar-refractivity contribution is 5.91. The Bertz CT molecular complexity index is 1110. The number of carbonyl (C=O) groups excluding carboxylic acids is 2. The summed E-state index contributed by atoms with van der Waals surface area (Å²) in [6.07, 6.45) is 4.58. The SMILES string of the molecule is O=C(NCC1(CO)CCCC1)c1[nH]c(-c2cc[nH+]cc2)c2cccc[n+]12.O=C([O-])C(F)(F)F. The van der Waals surface area contributed by atoms with Crippen LogP contribution in [-0.4, -0.2) is 41.3 Å². The first kappa shape index (κ1) is 24.2. The second kappa shape index (κ2) is 9.99. The number of aliphatic hydroxyl groups excluding tert-OH is 1. The Balaban J connectivity index is 0.000000383. The van der Waals surface area contributed by atoms with Crippen LogP contribution in [0.3, 0.4) is 0 Å². The lowest BCUT2D eigenvalue weighted by Gasteiger charge is -2.25. The first-order chi connectivity index (χ1) is 15.7. The van der Waals surface area contributed by atoms with Gasteiger partial charge < -0.3 is 20.3 Å². The van der Waals surface area contributed by atoms with Crippen molar-refractivity contribution in [3.05, 3.63) is 54.7 Å². The Hall–Kier alpha value is -3.47. The molecule has 0 bridgehead atoms. The zero-order chi connectivity index (χ0) is 24.1. The van der Waals surface area contributed by atoms with Gasteiger partial charge in [0.1, 0.15) is 5.97 Å². The molecule has 4 rings (SSSR count). The molecule has 1 fully saturated rings. The minimum Gasteiger partial charge on any atom is -0.542 e. The van der Waals surface area contributed by atoms with Gasteiger partial charge in [-0.15, -0.1) is 0 Å². The van der Waals surface area contributed by atoms with Crippen molar-refractivity contribution in [1.82, 2.24) is 10.3 Å². The van der Waals surface area contributed by atoms with Crippen LogP contribution in [0.25, 0.3) is 16.8 Å². The first-order valence-corrected chi connectivity index (χ1v) is 10.3. The lowest BCUT2D eigenvalue weighted by molar-refractivity contribution is -0.513. The van der Waals surface area contributed by atoms with Crippen molar-refractivity contribution in [2.45, 2.75) is 31.9 Å². The highest BCUT2D eigenvalue weighted by atomic mass is 19.4. The van der Waals surface area contributed by atoms with Crippen molar-refractivity contribution in [2.75, 3.05) is 13.2 Å². The Morgan fingerprint density at radius 2 is 1.82 bits per heavy atom. The van der Waals surface area contributed by atoms with Crippen molar-refractivity contribution in [3.63, 3.8) is 0 Å². The molecule has 3 heterocycles. The quantitative estimate of drug-likeness (QED) is 0.483. The fourth-order valence-corrected chi connectivity index (χ4v) is 3.89. The van der Waals surface area contributed by atoms with Gasteiger partial charge in [0.25, 0.3) is 0 Å². The zero-order valence-electron chi connectivity index (χ0n) is 17.6. The third kappa shape index (κ3) is 5.67. The second-order valence-corrected chi connectivity index (χ2v) is 7.93. The number of imidazole rings is 1. The number of hydrogen-bond acceptors (Lipinski definition) is 4. The summed E-state index contributed by atoms with van der Waals surface area (Å²) in [7, 11) is 0.